The van der Waals surface area contributed by atoms with E-state index in [1.165, 1.54) is 17.3 Å². The van der Waals surface area contributed by atoms with Gasteiger partial charge in [0.05, 0.1) is 35.2 Å². The third kappa shape index (κ3) is 4.33. The number of rotatable bonds is 4. The molecular weight excluding hydrogens is 479 g/mol. The van der Waals surface area contributed by atoms with Crippen molar-refractivity contribution in [3.05, 3.63) is 58.3 Å². The van der Waals surface area contributed by atoms with Gasteiger partial charge in [0.1, 0.15) is 6.10 Å². The number of H-pyrrole nitrogens is 1. The number of pyridine rings is 1. The molecule has 0 saturated carbocycles. The number of alkyl halides is 1. The summed E-state index contributed by atoms with van der Waals surface area (Å²) >= 11 is 0. The number of hydrogen-bond donors (Lipinski definition) is 1. The maximum atomic E-state index is 15.0. The van der Waals surface area contributed by atoms with Gasteiger partial charge in [-0.25, -0.2) is 14.4 Å². The van der Waals surface area contributed by atoms with Crippen LogP contribution in [-0.4, -0.2) is 74.1 Å². The number of benzene rings is 1. The van der Waals surface area contributed by atoms with Crippen molar-refractivity contribution in [2.24, 2.45) is 0 Å². The fraction of sp³-hybridized carbons (Fsp3) is 0.423. The molecular formula is C26H27FN6O4. The number of nitrogens with one attached hydrogen (secondary N) is 1. The fourth-order valence-corrected chi connectivity index (χ4v) is 5.28. The van der Waals surface area contributed by atoms with Gasteiger partial charge in [-0.2, -0.15) is 5.10 Å². The molecule has 6 rings (SSSR count). The minimum absolute atomic E-state index is 0.0884. The Morgan fingerprint density at radius 1 is 1.16 bits per heavy atom. The van der Waals surface area contributed by atoms with Gasteiger partial charge in [0.2, 0.25) is 0 Å². The molecule has 0 bridgehead atoms. The van der Waals surface area contributed by atoms with Crippen molar-refractivity contribution in [3.63, 3.8) is 0 Å². The summed E-state index contributed by atoms with van der Waals surface area (Å²) < 4.78 is 28.1. The lowest BCUT2D eigenvalue weighted by Gasteiger charge is -2.34. The molecule has 11 heteroatoms. The predicted octanol–water partition coefficient (Wildman–Crippen LogP) is 2.96. The van der Waals surface area contributed by atoms with Crippen LogP contribution in [0, 0.1) is 6.92 Å². The predicted molar refractivity (Wildman–Crippen MR) is 134 cm³/mol. The molecule has 2 atom stereocenters. The molecule has 0 spiro atoms. The number of aryl methyl sites for hydroxylation is 1. The Morgan fingerprint density at radius 2 is 1.95 bits per heavy atom. The van der Waals surface area contributed by atoms with Crippen LogP contribution in [0.5, 0.6) is 6.01 Å². The number of amides is 1. The lowest BCUT2D eigenvalue weighted by atomic mass is 10.00. The summed E-state index contributed by atoms with van der Waals surface area (Å²) in [6.45, 7) is 3.34. The molecule has 4 aromatic rings. The molecule has 0 radical (unpaired) electrons. The number of aromatic nitrogens is 5. The van der Waals surface area contributed by atoms with Gasteiger partial charge in [0.25, 0.3) is 11.5 Å². The van der Waals surface area contributed by atoms with Gasteiger partial charge in [0.15, 0.2) is 6.17 Å². The largest absolute Gasteiger partial charge is 0.457 e. The van der Waals surface area contributed by atoms with E-state index >= 15 is 4.39 Å². The van der Waals surface area contributed by atoms with E-state index in [0.29, 0.717) is 53.7 Å². The van der Waals surface area contributed by atoms with Crippen LogP contribution in [-0.2, 0) is 4.74 Å². The molecule has 10 nitrogen and oxygen atoms in total. The summed E-state index contributed by atoms with van der Waals surface area (Å²) in [6.07, 6.45) is 4.48. The average molecular weight is 507 g/mol. The number of aromatic amines is 1. The molecule has 1 amide bonds. The van der Waals surface area contributed by atoms with Crippen molar-refractivity contribution in [1.29, 1.82) is 0 Å². The maximum Gasteiger partial charge on any atom is 0.316 e. The van der Waals surface area contributed by atoms with Crippen LogP contribution in [0.25, 0.3) is 21.8 Å². The highest BCUT2D eigenvalue weighted by Gasteiger charge is 2.34. The van der Waals surface area contributed by atoms with E-state index in [-0.39, 0.29) is 30.1 Å². The molecule has 1 N–H and O–H groups in total. The monoisotopic (exact) mass is 506 g/mol. The molecule has 0 unspecified atom stereocenters. The molecule has 1 aromatic carbocycles. The molecule has 2 aliphatic rings. The first-order valence-electron chi connectivity index (χ1n) is 12.5. The number of carbonyl (C=O) groups excluding carboxylic acids is 1. The average Bonchev–Trinajstić information content (AvgIpc) is 3.37. The second-order valence-corrected chi connectivity index (χ2v) is 9.61. The molecule has 192 valence electrons. The Bertz CT molecular complexity index is 1510. The van der Waals surface area contributed by atoms with Gasteiger partial charge in [-0.05, 0) is 43.5 Å². The van der Waals surface area contributed by atoms with E-state index in [4.69, 9.17) is 9.47 Å². The lowest BCUT2D eigenvalue weighted by Crippen LogP contribution is -2.49. The first kappa shape index (κ1) is 23.5. The van der Waals surface area contributed by atoms with Crippen molar-refractivity contribution in [2.75, 3.05) is 26.3 Å². The SMILES string of the molecule is Cc1cc2[nH]c(=O)c3cnn(C4CCOCC4)c3c2cc1C(=O)N1CC[C@@H](Oc2ncccn2)[C@@H](F)C1. The minimum atomic E-state index is -1.37. The normalized spacial score (nSPS) is 21.0. The Morgan fingerprint density at radius 3 is 2.70 bits per heavy atom. The van der Waals surface area contributed by atoms with E-state index in [0.717, 1.165) is 18.2 Å². The number of halogens is 1. The molecule has 37 heavy (non-hydrogen) atoms. The van der Waals surface area contributed by atoms with E-state index in [9.17, 15) is 9.59 Å². The fourth-order valence-electron chi connectivity index (χ4n) is 5.28. The van der Waals surface area contributed by atoms with Crippen LogP contribution < -0.4 is 10.3 Å². The minimum Gasteiger partial charge on any atom is -0.457 e. The number of nitrogens with zero attached hydrogens (tertiary/aromatic N) is 5. The first-order chi connectivity index (χ1) is 18.0. The summed E-state index contributed by atoms with van der Waals surface area (Å²) in [7, 11) is 0. The number of carbonyl (C=O) groups is 1. The van der Waals surface area contributed by atoms with Crippen LogP contribution in [0.15, 0.2) is 41.6 Å². The zero-order valence-electron chi connectivity index (χ0n) is 20.4. The van der Waals surface area contributed by atoms with Gasteiger partial charge in [-0.3, -0.25) is 14.3 Å². The number of ether oxygens (including phenoxy) is 2. The molecule has 2 aliphatic heterocycles. The Hall–Kier alpha value is -3.86. The lowest BCUT2D eigenvalue weighted by molar-refractivity contribution is 0.0164. The van der Waals surface area contributed by atoms with Crippen LogP contribution in [0.4, 0.5) is 4.39 Å². The van der Waals surface area contributed by atoms with Gasteiger partial charge in [-0.1, -0.05) is 0 Å². The highest BCUT2D eigenvalue weighted by Crippen LogP contribution is 2.30. The Labute approximate surface area is 211 Å². The zero-order valence-corrected chi connectivity index (χ0v) is 20.4. The van der Waals surface area contributed by atoms with Crippen LogP contribution in [0.2, 0.25) is 0 Å². The summed E-state index contributed by atoms with van der Waals surface area (Å²) in [4.78, 5) is 38.8. The van der Waals surface area contributed by atoms with Gasteiger partial charge in [-0.15, -0.1) is 0 Å². The number of piperidine rings is 1. The van der Waals surface area contributed by atoms with Crippen LogP contribution in [0.1, 0.15) is 41.2 Å². The molecule has 3 aromatic heterocycles. The zero-order chi connectivity index (χ0) is 25.5. The molecule has 5 heterocycles. The number of likely N-dealkylation sites (tertiary alicyclic amines) is 1. The maximum absolute atomic E-state index is 15.0. The smallest absolute Gasteiger partial charge is 0.316 e. The quantitative estimate of drug-likeness (QED) is 0.453. The van der Waals surface area contributed by atoms with E-state index in [1.54, 1.807) is 24.4 Å². The van der Waals surface area contributed by atoms with Crippen molar-refractivity contribution in [1.82, 2.24) is 29.6 Å². The molecule has 0 aliphatic carbocycles. The van der Waals surface area contributed by atoms with Crippen molar-refractivity contribution >= 4 is 27.7 Å². The third-order valence-electron chi connectivity index (χ3n) is 7.24. The standard InChI is InChI=1S/C26H27FN6O4/c1-15-11-21-18(23-19(24(34)31-21)13-30-33(23)16-4-9-36-10-5-16)12-17(15)25(35)32-8-3-22(20(27)14-32)37-26-28-6-2-7-29-26/h2,6-7,11-13,16,20,22H,3-5,8-10,14H2,1H3,(H,31,34)/t20-,22+/m0/s1. The summed E-state index contributed by atoms with van der Waals surface area (Å²) in [6, 6.07) is 5.50. The molecule has 2 saturated heterocycles. The van der Waals surface area contributed by atoms with Crippen molar-refractivity contribution in [3.8, 4) is 6.01 Å². The highest BCUT2D eigenvalue weighted by molar-refractivity contribution is 6.07. The summed E-state index contributed by atoms with van der Waals surface area (Å²) in [5.41, 5.74) is 2.30. The summed E-state index contributed by atoms with van der Waals surface area (Å²) in [5, 5.41) is 5.76. The molecule has 2 fully saturated rings. The van der Waals surface area contributed by atoms with Crippen molar-refractivity contribution < 1.29 is 18.7 Å². The number of hydrogen-bond acceptors (Lipinski definition) is 7. The Balaban J connectivity index is 1.32. The topological polar surface area (TPSA) is 115 Å². The van der Waals surface area contributed by atoms with Gasteiger partial charge in [0, 0.05) is 49.5 Å². The third-order valence-corrected chi connectivity index (χ3v) is 7.24. The van der Waals surface area contributed by atoms with E-state index in [2.05, 4.69) is 20.1 Å². The van der Waals surface area contributed by atoms with E-state index < -0.39 is 12.3 Å². The second-order valence-electron chi connectivity index (χ2n) is 9.61. The Kier molecular flexibility index (Phi) is 6.07. The van der Waals surface area contributed by atoms with Crippen LogP contribution in [0.3, 0.4) is 0 Å². The van der Waals surface area contributed by atoms with Crippen molar-refractivity contribution in [2.45, 2.75) is 44.5 Å². The highest BCUT2D eigenvalue weighted by atomic mass is 19.1. The van der Waals surface area contributed by atoms with E-state index in [1.807, 2.05) is 11.6 Å². The summed E-state index contributed by atoms with van der Waals surface area (Å²) in [5.74, 6) is -0.257. The van der Waals surface area contributed by atoms with Crippen LogP contribution >= 0.6 is 0 Å². The van der Waals surface area contributed by atoms with Gasteiger partial charge >= 0.3 is 6.01 Å². The second kappa shape index (κ2) is 9.55. The number of fused-ring (bicyclic) bond motifs is 3. The first-order valence-corrected chi connectivity index (χ1v) is 12.5. The van der Waals surface area contributed by atoms with Gasteiger partial charge < -0.3 is 19.4 Å².